The summed E-state index contributed by atoms with van der Waals surface area (Å²) < 4.78 is 5.35. The van der Waals surface area contributed by atoms with Crippen molar-refractivity contribution in [1.29, 1.82) is 0 Å². The number of ether oxygens (including phenoxy) is 1. The van der Waals surface area contributed by atoms with Crippen molar-refractivity contribution < 1.29 is 23.9 Å². The van der Waals surface area contributed by atoms with Gasteiger partial charge in [-0.05, 0) is 48.7 Å². The van der Waals surface area contributed by atoms with E-state index in [1.54, 1.807) is 38.3 Å². The molecule has 160 valence electrons. The summed E-state index contributed by atoms with van der Waals surface area (Å²) in [5.74, 6) is -0.228. The maximum Gasteiger partial charge on any atom is 0.325 e. The van der Waals surface area contributed by atoms with E-state index >= 15 is 0 Å². The molecule has 8 heteroatoms. The van der Waals surface area contributed by atoms with Crippen molar-refractivity contribution >= 4 is 29.3 Å². The molecular formula is C23H23N3O5. The number of aryl methyl sites for hydroxylation is 1. The highest BCUT2D eigenvalue weighted by Gasteiger charge is 2.48. The van der Waals surface area contributed by atoms with Crippen molar-refractivity contribution in [3.63, 3.8) is 0 Å². The van der Waals surface area contributed by atoms with Crippen molar-refractivity contribution in [3.8, 4) is 5.75 Å². The predicted octanol–water partition coefficient (Wildman–Crippen LogP) is 2.32. The van der Waals surface area contributed by atoms with Gasteiger partial charge in [-0.25, -0.2) is 4.79 Å². The molecule has 2 aliphatic heterocycles. The molecule has 8 nitrogen and oxygen atoms in total. The molecule has 31 heavy (non-hydrogen) atoms. The zero-order valence-electron chi connectivity index (χ0n) is 17.4. The van der Waals surface area contributed by atoms with Gasteiger partial charge in [0.15, 0.2) is 5.78 Å². The molecule has 1 fully saturated rings. The van der Waals surface area contributed by atoms with Crippen LogP contribution in [0.25, 0.3) is 0 Å². The van der Waals surface area contributed by atoms with Gasteiger partial charge in [-0.1, -0.05) is 18.2 Å². The minimum Gasteiger partial charge on any atom is -0.496 e. The summed E-state index contributed by atoms with van der Waals surface area (Å²) in [4.78, 5) is 50.9. The summed E-state index contributed by atoms with van der Waals surface area (Å²) in [6, 6.07) is 11.7. The first-order chi connectivity index (χ1) is 14.8. The lowest BCUT2D eigenvalue weighted by molar-refractivity contribution is -0.130. The molecule has 1 atom stereocenters. The quantitative estimate of drug-likeness (QED) is 0.550. The lowest BCUT2D eigenvalue weighted by atomic mass is 9.92. The fourth-order valence-corrected chi connectivity index (χ4v) is 4.03. The normalized spacial score (nSPS) is 20.2. The van der Waals surface area contributed by atoms with E-state index < -0.39 is 17.5 Å². The fraction of sp³-hybridized carbons (Fsp3) is 0.304. The topological polar surface area (TPSA) is 105 Å². The second-order valence-electron chi connectivity index (χ2n) is 7.99. The zero-order valence-corrected chi connectivity index (χ0v) is 17.4. The third-order valence-electron chi connectivity index (χ3n) is 5.71. The van der Waals surface area contributed by atoms with Gasteiger partial charge in [-0.3, -0.25) is 19.3 Å². The molecule has 0 aromatic heterocycles. The Labute approximate surface area is 179 Å². The first-order valence-corrected chi connectivity index (χ1v) is 10.0. The van der Waals surface area contributed by atoms with Gasteiger partial charge in [0, 0.05) is 24.1 Å². The standard InChI is InChI=1S/C23H23N3O5/c1-23(12-16-5-3-4-6-19(16)31-2)21(29)26(22(30)25-23)13-18(27)15-7-9-17-14(11-15)8-10-20(28)24-17/h3-7,9,11H,8,10,12-13H2,1-2H3,(H,24,28)(H,25,30). The number of Topliss-reactive ketones (excluding diaryl/α,β-unsaturated/α-hetero) is 1. The van der Waals surface area contributed by atoms with Crippen LogP contribution in [0.15, 0.2) is 42.5 Å². The van der Waals surface area contributed by atoms with Crippen LogP contribution in [-0.2, 0) is 22.4 Å². The number of rotatable bonds is 6. The molecule has 2 aliphatic rings. The molecule has 0 bridgehead atoms. The second kappa shape index (κ2) is 7.86. The summed E-state index contributed by atoms with van der Waals surface area (Å²) in [6.45, 7) is 1.29. The number of para-hydroxylation sites is 1. The first kappa shape index (κ1) is 20.6. The summed E-state index contributed by atoms with van der Waals surface area (Å²) in [6.07, 6.45) is 1.15. The summed E-state index contributed by atoms with van der Waals surface area (Å²) in [7, 11) is 1.55. The SMILES string of the molecule is COc1ccccc1CC1(C)NC(=O)N(CC(=O)c2ccc3c(c2)CCC(=O)N3)C1=O. The van der Waals surface area contributed by atoms with E-state index in [1.165, 1.54) is 0 Å². The van der Waals surface area contributed by atoms with Gasteiger partial charge < -0.3 is 15.4 Å². The number of carbonyl (C=O) groups is 4. The van der Waals surface area contributed by atoms with Crippen LogP contribution in [-0.4, -0.2) is 47.7 Å². The maximum absolute atomic E-state index is 13.1. The number of fused-ring (bicyclic) bond motifs is 1. The molecule has 2 N–H and O–H groups in total. The van der Waals surface area contributed by atoms with E-state index in [9.17, 15) is 19.2 Å². The molecular weight excluding hydrogens is 398 g/mol. The van der Waals surface area contributed by atoms with E-state index in [4.69, 9.17) is 4.74 Å². The van der Waals surface area contributed by atoms with Crippen LogP contribution >= 0.6 is 0 Å². The highest BCUT2D eigenvalue weighted by Crippen LogP contribution is 2.28. The van der Waals surface area contributed by atoms with Gasteiger partial charge in [-0.2, -0.15) is 0 Å². The molecule has 1 unspecified atom stereocenters. The number of urea groups is 1. The smallest absolute Gasteiger partial charge is 0.325 e. The summed E-state index contributed by atoms with van der Waals surface area (Å²) in [5.41, 5.74) is 1.56. The highest BCUT2D eigenvalue weighted by atomic mass is 16.5. The van der Waals surface area contributed by atoms with Crippen LogP contribution in [0.4, 0.5) is 10.5 Å². The summed E-state index contributed by atoms with van der Waals surface area (Å²) in [5, 5.41) is 5.49. The molecule has 4 amide bonds. The second-order valence-corrected chi connectivity index (χ2v) is 7.99. The van der Waals surface area contributed by atoms with Crippen LogP contribution in [0, 0.1) is 0 Å². The maximum atomic E-state index is 13.1. The van der Waals surface area contributed by atoms with Gasteiger partial charge >= 0.3 is 6.03 Å². The van der Waals surface area contributed by atoms with Crippen LogP contribution in [0.2, 0.25) is 0 Å². The minimum atomic E-state index is -1.17. The van der Waals surface area contributed by atoms with E-state index in [-0.39, 0.29) is 24.7 Å². The van der Waals surface area contributed by atoms with Gasteiger partial charge in [0.2, 0.25) is 5.91 Å². The largest absolute Gasteiger partial charge is 0.496 e. The number of methoxy groups -OCH3 is 1. The summed E-state index contributed by atoms with van der Waals surface area (Å²) >= 11 is 0. The third-order valence-corrected chi connectivity index (χ3v) is 5.71. The van der Waals surface area contributed by atoms with Crippen molar-refractivity contribution in [2.24, 2.45) is 0 Å². The monoisotopic (exact) mass is 421 g/mol. The van der Waals surface area contributed by atoms with Gasteiger partial charge in [-0.15, -0.1) is 0 Å². The Hall–Kier alpha value is -3.68. The first-order valence-electron chi connectivity index (χ1n) is 10.0. The minimum absolute atomic E-state index is 0.0553. The van der Waals surface area contributed by atoms with Crippen molar-refractivity contribution in [1.82, 2.24) is 10.2 Å². The number of nitrogens with zero attached hydrogens (tertiary/aromatic N) is 1. The van der Waals surface area contributed by atoms with Crippen molar-refractivity contribution in [2.45, 2.75) is 31.7 Å². The number of amides is 4. The predicted molar refractivity (Wildman–Crippen MR) is 113 cm³/mol. The molecule has 0 saturated carbocycles. The van der Waals surface area contributed by atoms with Gasteiger partial charge in [0.05, 0.1) is 13.7 Å². The van der Waals surface area contributed by atoms with Crippen molar-refractivity contribution in [2.75, 3.05) is 19.0 Å². The Balaban J connectivity index is 1.50. The van der Waals surface area contributed by atoms with Crippen LogP contribution < -0.4 is 15.4 Å². The van der Waals surface area contributed by atoms with E-state index in [0.29, 0.717) is 29.8 Å². The Kier molecular flexibility index (Phi) is 5.22. The number of hydrogen-bond donors (Lipinski definition) is 2. The van der Waals surface area contributed by atoms with Gasteiger partial charge in [0.1, 0.15) is 11.3 Å². The number of imide groups is 1. The Morgan fingerprint density at radius 2 is 1.90 bits per heavy atom. The number of ketones is 1. The van der Waals surface area contributed by atoms with Crippen LogP contribution in [0.5, 0.6) is 5.75 Å². The number of hydrogen-bond acceptors (Lipinski definition) is 5. The van der Waals surface area contributed by atoms with Crippen LogP contribution in [0.3, 0.4) is 0 Å². The highest BCUT2D eigenvalue weighted by molar-refractivity contribution is 6.11. The average Bonchev–Trinajstić information content (AvgIpc) is 2.96. The molecule has 2 heterocycles. The fourth-order valence-electron chi connectivity index (χ4n) is 4.03. The molecule has 0 spiro atoms. The number of carbonyl (C=O) groups excluding carboxylic acids is 4. The number of benzene rings is 2. The molecule has 0 aliphatic carbocycles. The Bertz CT molecular complexity index is 1100. The lowest BCUT2D eigenvalue weighted by Crippen LogP contribution is -2.46. The molecule has 0 radical (unpaired) electrons. The third kappa shape index (κ3) is 3.88. The van der Waals surface area contributed by atoms with E-state index in [1.807, 2.05) is 18.2 Å². The Morgan fingerprint density at radius 1 is 1.13 bits per heavy atom. The molecule has 4 rings (SSSR count). The van der Waals surface area contributed by atoms with Gasteiger partial charge in [0.25, 0.3) is 5.91 Å². The van der Waals surface area contributed by atoms with E-state index in [0.717, 1.165) is 16.0 Å². The molecule has 2 aromatic rings. The Morgan fingerprint density at radius 3 is 2.68 bits per heavy atom. The number of anilines is 1. The number of nitrogens with one attached hydrogen (secondary N) is 2. The molecule has 1 saturated heterocycles. The average molecular weight is 421 g/mol. The lowest BCUT2D eigenvalue weighted by Gasteiger charge is -2.23. The molecule has 2 aromatic carbocycles. The zero-order chi connectivity index (χ0) is 22.2. The van der Waals surface area contributed by atoms with E-state index in [2.05, 4.69) is 10.6 Å². The van der Waals surface area contributed by atoms with Crippen molar-refractivity contribution in [3.05, 3.63) is 59.2 Å². The van der Waals surface area contributed by atoms with Crippen LogP contribution in [0.1, 0.15) is 34.8 Å².